The van der Waals surface area contributed by atoms with Gasteiger partial charge in [0.05, 0.1) is 0 Å². The second-order valence-corrected chi connectivity index (χ2v) is 12.4. The predicted molar refractivity (Wildman–Crippen MR) is 94.5 cm³/mol. The van der Waals surface area contributed by atoms with E-state index in [1.807, 2.05) is 0 Å². The third kappa shape index (κ3) is 3.65. The lowest BCUT2D eigenvalue weighted by molar-refractivity contribution is -0.230. The Morgan fingerprint density at radius 1 is 0.966 bits per heavy atom. The highest BCUT2D eigenvalue weighted by Gasteiger charge is 2.68. The van der Waals surface area contributed by atoms with E-state index in [9.17, 15) is 35.2 Å². The van der Waals surface area contributed by atoms with Gasteiger partial charge in [0.15, 0.2) is 0 Å². The molecule has 29 heavy (non-hydrogen) atoms. The molecule has 0 amide bonds. The molecule has 9 nitrogen and oxygen atoms in total. The van der Waals surface area contributed by atoms with Crippen molar-refractivity contribution in [1.82, 2.24) is 4.31 Å². The third-order valence-corrected chi connectivity index (χ3v) is 10.3. The van der Waals surface area contributed by atoms with E-state index in [1.54, 1.807) is 0 Å². The molecular formula is C16H23F2NO8S2. The maximum atomic E-state index is 14.9. The van der Waals surface area contributed by atoms with Gasteiger partial charge in [-0.15, -0.1) is 0 Å². The molecule has 0 spiro atoms. The lowest BCUT2D eigenvalue weighted by Gasteiger charge is -2.41. The predicted octanol–water partition coefficient (Wildman–Crippen LogP) is 0.998. The van der Waals surface area contributed by atoms with Crippen LogP contribution in [-0.4, -0.2) is 61.8 Å². The number of nitrogens with zero attached hydrogens (tertiary/aromatic N) is 1. The van der Waals surface area contributed by atoms with Crippen molar-refractivity contribution in [3.63, 3.8) is 0 Å². The van der Waals surface area contributed by atoms with Crippen molar-refractivity contribution in [2.75, 3.05) is 13.1 Å². The first-order chi connectivity index (χ1) is 13.2. The summed E-state index contributed by atoms with van der Waals surface area (Å²) in [5, 5.41) is -3.08. The number of hydrogen-bond donors (Lipinski definition) is 0. The van der Waals surface area contributed by atoms with Crippen LogP contribution in [0.25, 0.3) is 0 Å². The van der Waals surface area contributed by atoms with Crippen molar-refractivity contribution < 1.29 is 44.7 Å². The zero-order chi connectivity index (χ0) is 21.8. The average Bonchev–Trinajstić information content (AvgIpc) is 2.58. The fourth-order valence-corrected chi connectivity index (χ4v) is 7.87. The fraction of sp³-hybridized carbons (Fsp3) is 0.875. The molecule has 0 bridgehead atoms. The molecule has 3 aliphatic rings. The standard InChI is InChI=1S/C16H23F2NO8S2/c1-15(2)26-13(20)12(14(21)27-15)28(22,23)16(17,18)29(24,25)19-8-7-10-5-3-4-6-11(10)9-19/h10-12H,3-9H2,1-2H3. The molecule has 2 aliphatic heterocycles. The molecule has 0 N–H and O–H groups in total. The number of sulfone groups is 1. The second kappa shape index (κ2) is 7.12. The van der Waals surface area contributed by atoms with Crippen LogP contribution in [-0.2, 0) is 38.9 Å². The van der Waals surface area contributed by atoms with Crippen LogP contribution in [0.2, 0.25) is 0 Å². The molecule has 3 fully saturated rings. The van der Waals surface area contributed by atoms with Gasteiger partial charge < -0.3 is 9.47 Å². The van der Waals surface area contributed by atoms with Gasteiger partial charge in [0.2, 0.25) is 0 Å². The van der Waals surface area contributed by atoms with Crippen LogP contribution in [0.5, 0.6) is 0 Å². The van der Waals surface area contributed by atoms with Crippen LogP contribution in [0, 0.1) is 11.8 Å². The topological polar surface area (TPSA) is 124 Å². The van der Waals surface area contributed by atoms with Gasteiger partial charge in [0.1, 0.15) is 0 Å². The number of ether oxygens (including phenoxy) is 2. The Bertz CT molecular complexity index is 895. The van der Waals surface area contributed by atoms with Crippen molar-refractivity contribution >= 4 is 31.8 Å². The number of rotatable bonds is 4. The molecule has 2 unspecified atom stereocenters. The number of carbonyl (C=O) groups is 2. The number of cyclic esters (lactones) is 2. The van der Waals surface area contributed by atoms with Crippen LogP contribution in [0.15, 0.2) is 0 Å². The summed E-state index contributed by atoms with van der Waals surface area (Å²) in [4.78, 5) is 23.9. The molecule has 2 saturated heterocycles. The number of hydrogen-bond acceptors (Lipinski definition) is 8. The SMILES string of the molecule is CC1(C)OC(=O)C(S(=O)(=O)C(F)(F)S(=O)(=O)N2CCC3CCCCC3C2)C(=O)O1. The first-order valence-corrected chi connectivity index (χ1v) is 12.3. The molecule has 2 atom stereocenters. The summed E-state index contributed by atoms with van der Waals surface area (Å²) in [5.74, 6) is -5.36. The summed E-state index contributed by atoms with van der Waals surface area (Å²) in [6.07, 6.45) is 3.73. The number of alkyl halides is 2. The summed E-state index contributed by atoms with van der Waals surface area (Å²) in [7, 11) is -11.9. The number of halogens is 2. The fourth-order valence-electron chi connectivity index (χ4n) is 4.18. The molecule has 13 heteroatoms. The molecule has 1 aliphatic carbocycles. The van der Waals surface area contributed by atoms with Crippen molar-refractivity contribution in [3.05, 3.63) is 0 Å². The van der Waals surface area contributed by atoms with Gasteiger partial charge in [0.25, 0.3) is 30.9 Å². The van der Waals surface area contributed by atoms with Crippen LogP contribution in [0.1, 0.15) is 46.0 Å². The minimum Gasteiger partial charge on any atom is -0.422 e. The zero-order valence-corrected chi connectivity index (χ0v) is 17.6. The Balaban J connectivity index is 1.90. The Hall–Kier alpha value is -1.34. The Kier molecular flexibility index (Phi) is 5.49. The number of fused-ring (bicyclic) bond motifs is 1. The number of sulfonamides is 1. The normalized spacial score (nSPS) is 29.7. The van der Waals surface area contributed by atoms with E-state index in [1.165, 1.54) is 0 Å². The number of esters is 2. The Labute approximate surface area is 167 Å². The zero-order valence-electron chi connectivity index (χ0n) is 16.0. The van der Waals surface area contributed by atoms with E-state index in [0.29, 0.717) is 17.1 Å². The second-order valence-electron chi connectivity index (χ2n) is 8.09. The van der Waals surface area contributed by atoms with Crippen LogP contribution in [0.3, 0.4) is 0 Å². The summed E-state index contributed by atoms with van der Waals surface area (Å²) < 4.78 is 84.1. The quantitative estimate of drug-likeness (QED) is 0.450. The van der Waals surface area contributed by atoms with Crippen molar-refractivity contribution in [2.45, 2.75) is 61.6 Å². The summed E-state index contributed by atoms with van der Waals surface area (Å²) in [6.45, 7) is 1.75. The highest BCUT2D eigenvalue weighted by Crippen LogP contribution is 2.42. The molecule has 166 valence electrons. The Morgan fingerprint density at radius 2 is 1.48 bits per heavy atom. The molecule has 2 heterocycles. The molecule has 3 rings (SSSR count). The third-order valence-electron chi connectivity index (χ3n) is 5.66. The highest BCUT2D eigenvalue weighted by molar-refractivity contribution is 8.09. The van der Waals surface area contributed by atoms with Crippen molar-refractivity contribution in [2.24, 2.45) is 11.8 Å². The summed E-state index contributed by atoms with van der Waals surface area (Å²) in [6, 6.07) is 0. The average molecular weight is 459 g/mol. The monoisotopic (exact) mass is 459 g/mol. The first kappa shape index (κ1) is 22.3. The molecular weight excluding hydrogens is 436 g/mol. The molecule has 0 radical (unpaired) electrons. The van der Waals surface area contributed by atoms with E-state index in [4.69, 9.17) is 0 Å². The van der Waals surface area contributed by atoms with E-state index in [-0.39, 0.29) is 24.9 Å². The van der Waals surface area contributed by atoms with Crippen LogP contribution in [0.4, 0.5) is 8.78 Å². The molecule has 0 aromatic rings. The van der Waals surface area contributed by atoms with Crippen molar-refractivity contribution in [1.29, 1.82) is 0 Å². The lowest BCUT2D eigenvalue weighted by Crippen LogP contribution is -2.60. The van der Waals surface area contributed by atoms with Crippen LogP contribution < -0.4 is 0 Å². The van der Waals surface area contributed by atoms with E-state index in [2.05, 4.69) is 9.47 Å². The van der Waals surface area contributed by atoms with Gasteiger partial charge >= 0.3 is 16.5 Å². The van der Waals surface area contributed by atoms with Gasteiger partial charge in [-0.05, 0) is 24.7 Å². The molecule has 0 aromatic carbocycles. The van der Waals surface area contributed by atoms with E-state index < -0.39 is 47.4 Å². The number of carbonyl (C=O) groups excluding carboxylic acids is 2. The van der Waals surface area contributed by atoms with Gasteiger partial charge in [-0.1, -0.05) is 19.3 Å². The minimum absolute atomic E-state index is 0.129. The first-order valence-electron chi connectivity index (χ1n) is 9.27. The van der Waals surface area contributed by atoms with E-state index in [0.717, 1.165) is 33.1 Å². The molecule has 0 aromatic heterocycles. The van der Waals surface area contributed by atoms with Crippen LogP contribution >= 0.6 is 0 Å². The maximum absolute atomic E-state index is 14.9. The van der Waals surface area contributed by atoms with Gasteiger partial charge in [-0.25, -0.2) is 26.4 Å². The van der Waals surface area contributed by atoms with Gasteiger partial charge in [0, 0.05) is 26.9 Å². The number of piperidine rings is 1. The largest absolute Gasteiger partial charge is 0.460 e. The van der Waals surface area contributed by atoms with Crippen molar-refractivity contribution in [3.8, 4) is 0 Å². The van der Waals surface area contributed by atoms with Gasteiger partial charge in [-0.2, -0.15) is 13.1 Å². The van der Waals surface area contributed by atoms with Gasteiger partial charge in [-0.3, -0.25) is 0 Å². The van der Waals surface area contributed by atoms with E-state index >= 15 is 0 Å². The maximum Gasteiger partial charge on any atom is 0.460 e. The summed E-state index contributed by atoms with van der Waals surface area (Å²) >= 11 is 0. The minimum atomic E-state index is -6.16. The summed E-state index contributed by atoms with van der Waals surface area (Å²) in [5.41, 5.74) is 0. The lowest BCUT2D eigenvalue weighted by atomic mass is 9.76. The smallest absolute Gasteiger partial charge is 0.422 e. The molecule has 1 saturated carbocycles. The highest BCUT2D eigenvalue weighted by atomic mass is 32.3. The Morgan fingerprint density at radius 3 is 2.03 bits per heavy atom.